The fourth-order valence-electron chi connectivity index (χ4n) is 3.68. The number of rotatable bonds is 5. The Morgan fingerprint density at radius 3 is 2.43 bits per heavy atom. The van der Waals surface area contributed by atoms with Gasteiger partial charge in [0.1, 0.15) is 0 Å². The number of nitrogens with zero attached hydrogens (tertiary/aromatic N) is 2. The summed E-state index contributed by atoms with van der Waals surface area (Å²) in [6.45, 7) is 2.98. The van der Waals surface area contributed by atoms with Gasteiger partial charge in [-0.3, -0.25) is 4.90 Å². The average molecular weight is 374 g/mol. The Bertz CT molecular complexity index is 884. The van der Waals surface area contributed by atoms with E-state index in [-0.39, 0.29) is 12.1 Å². The normalized spacial score (nSPS) is 15.3. The van der Waals surface area contributed by atoms with Crippen LogP contribution in [0.15, 0.2) is 79.1 Å². The summed E-state index contributed by atoms with van der Waals surface area (Å²) in [6.07, 6.45) is 5.93. The fraction of sp³-hybridized carbons (Fsp3) is 0.261. The molecule has 0 saturated carbocycles. The van der Waals surface area contributed by atoms with Gasteiger partial charge in [-0.2, -0.15) is 0 Å². The lowest BCUT2D eigenvalue weighted by Gasteiger charge is -2.32. The van der Waals surface area contributed by atoms with Crippen LogP contribution in [0.25, 0.3) is 5.69 Å². The lowest BCUT2D eigenvalue weighted by molar-refractivity contribution is 0.190. The maximum atomic E-state index is 12.4. The van der Waals surface area contributed by atoms with Crippen molar-refractivity contribution in [3.63, 3.8) is 0 Å². The lowest BCUT2D eigenvalue weighted by Crippen LogP contribution is -2.45. The van der Waals surface area contributed by atoms with Gasteiger partial charge in [-0.15, -0.1) is 0 Å². The van der Waals surface area contributed by atoms with Crippen LogP contribution < -0.4 is 10.6 Å². The van der Waals surface area contributed by atoms with Gasteiger partial charge >= 0.3 is 6.03 Å². The molecule has 28 heavy (non-hydrogen) atoms. The van der Waals surface area contributed by atoms with E-state index in [2.05, 4.69) is 39.8 Å². The van der Waals surface area contributed by atoms with Gasteiger partial charge in [-0.25, -0.2) is 4.79 Å². The molecule has 5 heteroatoms. The minimum Gasteiger partial charge on any atom is -0.335 e. The van der Waals surface area contributed by atoms with Crippen LogP contribution in [0.5, 0.6) is 0 Å². The molecule has 0 atom stereocenters. The highest BCUT2D eigenvalue weighted by Crippen LogP contribution is 2.16. The van der Waals surface area contributed by atoms with Crippen LogP contribution in [-0.4, -0.2) is 34.6 Å². The Morgan fingerprint density at radius 2 is 1.68 bits per heavy atom. The molecule has 0 aliphatic carbocycles. The predicted octanol–water partition coefficient (Wildman–Crippen LogP) is 4.26. The Morgan fingerprint density at radius 1 is 0.929 bits per heavy atom. The van der Waals surface area contributed by atoms with Crippen LogP contribution in [0.3, 0.4) is 0 Å². The number of hydrogen-bond donors (Lipinski definition) is 2. The SMILES string of the molecule is O=C(Nc1cccc(-n2cccc2)c1)NC1CCN(Cc2ccccc2)CC1. The van der Waals surface area contributed by atoms with Gasteiger partial charge < -0.3 is 15.2 Å². The van der Waals surface area contributed by atoms with Crippen LogP contribution in [0.1, 0.15) is 18.4 Å². The van der Waals surface area contributed by atoms with E-state index in [1.165, 1.54) is 5.56 Å². The maximum absolute atomic E-state index is 12.4. The number of anilines is 1. The molecule has 3 aromatic rings. The largest absolute Gasteiger partial charge is 0.335 e. The zero-order chi connectivity index (χ0) is 19.2. The van der Waals surface area contributed by atoms with Crippen molar-refractivity contribution >= 4 is 11.7 Å². The van der Waals surface area contributed by atoms with Crippen molar-refractivity contribution in [1.82, 2.24) is 14.8 Å². The summed E-state index contributed by atoms with van der Waals surface area (Å²) in [5, 5.41) is 6.09. The van der Waals surface area contributed by atoms with Crippen molar-refractivity contribution in [2.75, 3.05) is 18.4 Å². The molecule has 0 spiro atoms. The topological polar surface area (TPSA) is 49.3 Å². The van der Waals surface area contributed by atoms with Gasteiger partial charge in [-0.1, -0.05) is 36.4 Å². The Kier molecular flexibility index (Phi) is 5.73. The van der Waals surface area contributed by atoms with Gasteiger partial charge in [-0.05, 0) is 48.7 Å². The molecule has 4 rings (SSSR count). The first-order chi connectivity index (χ1) is 13.8. The van der Waals surface area contributed by atoms with Gasteiger partial charge in [0.25, 0.3) is 0 Å². The van der Waals surface area contributed by atoms with Gasteiger partial charge in [0.05, 0.1) is 0 Å². The van der Waals surface area contributed by atoms with Crippen LogP contribution >= 0.6 is 0 Å². The summed E-state index contributed by atoms with van der Waals surface area (Å²) in [5.74, 6) is 0. The van der Waals surface area contributed by atoms with Gasteiger partial charge in [0.2, 0.25) is 0 Å². The highest BCUT2D eigenvalue weighted by atomic mass is 16.2. The molecule has 1 aromatic heterocycles. The van der Waals surface area contributed by atoms with E-state index in [0.717, 1.165) is 43.9 Å². The predicted molar refractivity (Wildman–Crippen MR) is 113 cm³/mol. The maximum Gasteiger partial charge on any atom is 0.319 e. The van der Waals surface area contributed by atoms with Crippen molar-refractivity contribution in [2.24, 2.45) is 0 Å². The third kappa shape index (κ3) is 4.81. The second-order valence-electron chi connectivity index (χ2n) is 7.28. The van der Waals surface area contributed by atoms with E-state index in [1.54, 1.807) is 0 Å². The van der Waals surface area contributed by atoms with E-state index in [1.807, 2.05) is 59.4 Å². The number of hydrogen-bond acceptors (Lipinski definition) is 2. The molecular formula is C23H26N4O. The molecule has 2 heterocycles. The van der Waals surface area contributed by atoms with E-state index in [4.69, 9.17) is 0 Å². The summed E-state index contributed by atoms with van der Waals surface area (Å²) in [6, 6.07) is 22.5. The average Bonchev–Trinajstić information content (AvgIpc) is 3.25. The molecule has 2 aromatic carbocycles. The van der Waals surface area contributed by atoms with Crippen LogP contribution in [0, 0.1) is 0 Å². The summed E-state index contributed by atoms with van der Waals surface area (Å²) in [4.78, 5) is 14.9. The number of amides is 2. The van der Waals surface area contributed by atoms with Crippen LogP contribution in [0.4, 0.5) is 10.5 Å². The number of aromatic nitrogens is 1. The molecule has 0 radical (unpaired) electrons. The van der Waals surface area contributed by atoms with E-state index in [9.17, 15) is 4.79 Å². The summed E-state index contributed by atoms with van der Waals surface area (Å²) >= 11 is 0. The number of piperidine rings is 1. The minimum atomic E-state index is -0.133. The second-order valence-corrected chi connectivity index (χ2v) is 7.28. The van der Waals surface area contributed by atoms with Crippen LogP contribution in [0.2, 0.25) is 0 Å². The van der Waals surface area contributed by atoms with Crippen molar-refractivity contribution in [1.29, 1.82) is 0 Å². The van der Waals surface area contributed by atoms with Crippen molar-refractivity contribution in [3.05, 3.63) is 84.7 Å². The monoisotopic (exact) mass is 374 g/mol. The van der Waals surface area contributed by atoms with E-state index >= 15 is 0 Å². The molecule has 1 aliphatic heterocycles. The quantitative estimate of drug-likeness (QED) is 0.701. The summed E-state index contributed by atoms with van der Waals surface area (Å²) in [5.41, 5.74) is 3.16. The van der Waals surface area contributed by atoms with E-state index in [0.29, 0.717) is 0 Å². The standard InChI is InChI=1S/C23H26N4O/c28-23(25-21-9-6-10-22(17-21)27-13-4-5-14-27)24-20-11-15-26(16-12-20)18-19-7-2-1-3-8-19/h1-10,13-14,17,20H,11-12,15-16,18H2,(H2,24,25,28). The molecule has 2 N–H and O–H groups in total. The molecule has 144 valence electrons. The lowest BCUT2D eigenvalue weighted by atomic mass is 10.0. The third-order valence-electron chi connectivity index (χ3n) is 5.18. The van der Waals surface area contributed by atoms with Gasteiger partial charge in [0.15, 0.2) is 0 Å². The zero-order valence-electron chi connectivity index (χ0n) is 15.9. The molecule has 0 bridgehead atoms. The summed E-state index contributed by atoms with van der Waals surface area (Å²) in [7, 11) is 0. The van der Waals surface area contributed by atoms with Crippen molar-refractivity contribution in [3.8, 4) is 5.69 Å². The molecule has 1 saturated heterocycles. The van der Waals surface area contributed by atoms with Gasteiger partial charge in [0, 0.05) is 49.4 Å². The minimum absolute atomic E-state index is 0.133. The molecule has 1 fully saturated rings. The summed E-state index contributed by atoms with van der Waals surface area (Å²) < 4.78 is 2.02. The number of carbonyl (C=O) groups excluding carboxylic acids is 1. The number of likely N-dealkylation sites (tertiary alicyclic amines) is 1. The highest BCUT2D eigenvalue weighted by molar-refractivity contribution is 5.89. The molecule has 2 amide bonds. The number of carbonyl (C=O) groups is 1. The molecule has 5 nitrogen and oxygen atoms in total. The van der Waals surface area contributed by atoms with E-state index < -0.39 is 0 Å². The number of nitrogens with one attached hydrogen (secondary N) is 2. The van der Waals surface area contributed by atoms with Crippen molar-refractivity contribution in [2.45, 2.75) is 25.4 Å². The zero-order valence-corrected chi connectivity index (χ0v) is 15.9. The molecular weight excluding hydrogens is 348 g/mol. The van der Waals surface area contributed by atoms with Crippen LogP contribution in [-0.2, 0) is 6.54 Å². The highest BCUT2D eigenvalue weighted by Gasteiger charge is 2.20. The number of benzene rings is 2. The Labute approximate surface area is 166 Å². The first kappa shape index (κ1) is 18.3. The third-order valence-corrected chi connectivity index (χ3v) is 5.18. The molecule has 1 aliphatic rings. The Hall–Kier alpha value is -3.05. The molecule has 0 unspecified atom stereocenters. The number of urea groups is 1. The second kappa shape index (κ2) is 8.76. The van der Waals surface area contributed by atoms with Crippen molar-refractivity contribution < 1.29 is 4.79 Å². The first-order valence-corrected chi connectivity index (χ1v) is 9.83. The Balaban J connectivity index is 1.25. The first-order valence-electron chi connectivity index (χ1n) is 9.83. The smallest absolute Gasteiger partial charge is 0.319 e. The fourth-order valence-corrected chi connectivity index (χ4v) is 3.68.